The van der Waals surface area contributed by atoms with Crippen LogP contribution in [0.25, 0.3) is 21.0 Å². The summed E-state index contributed by atoms with van der Waals surface area (Å²) < 4.78 is 6.87. The topological polar surface area (TPSA) is 98.3 Å². The number of amides is 1. The maximum absolute atomic E-state index is 12.5. The first-order valence-electron chi connectivity index (χ1n) is 8.60. The van der Waals surface area contributed by atoms with Crippen LogP contribution in [0.3, 0.4) is 0 Å². The molecule has 2 aromatic carbocycles. The Bertz CT molecular complexity index is 1180. The smallest absolute Gasteiger partial charge is 0.282 e. The maximum Gasteiger partial charge on any atom is 0.282 e. The van der Waals surface area contributed by atoms with Gasteiger partial charge in [-0.1, -0.05) is 12.1 Å². The SMILES string of the molecule is CSc1ccc([N+](=O)[O-])c(C(=O)NCc2ccc(-c3nc4ccccc4s3)o2)c1. The lowest BCUT2D eigenvalue weighted by molar-refractivity contribution is -0.385. The zero-order valence-corrected chi connectivity index (χ0v) is 16.9. The lowest BCUT2D eigenvalue weighted by atomic mass is 10.1. The number of benzene rings is 2. The van der Waals surface area contributed by atoms with Crippen LogP contribution >= 0.6 is 23.1 Å². The second kappa shape index (κ2) is 8.06. The Hall–Kier alpha value is -3.17. The number of nitrogens with one attached hydrogen (secondary N) is 1. The summed E-state index contributed by atoms with van der Waals surface area (Å²) in [5.41, 5.74) is 0.703. The number of thiazole rings is 1. The predicted octanol–water partition coefficient (Wildman–Crippen LogP) is 5.12. The molecule has 9 heteroatoms. The van der Waals surface area contributed by atoms with Crippen molar-refractivity contribution in [3.05, 3.63) is 76.0 Å². The normalized spacial score (nSPS) is 10.9. The molecule has 2 aromatic heterocycles. The number of para-hydroxylation sites is 1. The number of carbonyl (C=O) groups is 1. The monoisotopic (exact) mass is 425 g/mol. The summed E-state index contributed by atoms with van der Waals surface area (Å²) in [7, 11) is 0. The van der Waals surface area contributed by atoms with Crippen molar-refractivity contribution in [3.63, 3.8) is 0 Å². The van der Waals surface area contributed by atoms with Crippen molar-refractivity contribution >= 4 is 44.9 Å². The van der Waals surface area contributed by atoms with Gasteiger partial charge in [0.25, 0.3) is 11.6 Å². The highest BCUT2D eigenvalue weighted by Crippen LogP contribution is 2.31. The van der Waals surface area contributed by atoms with Crippen molar-refractivity contribution in [3.8, 4) is 10.8 Å². The average Bonchev–Trinajstić information content (AvgIpc) is 3.38. The number of thioether (sulfide) groups is 1. The summed E-state index contributed by atoms with van der Waals surface area (Å²) in [5.74, 6) is 0.632. The first-order valence-corrected chi connectivity index (χ1v) is 10.6. The molecule has 146 valence electrons. The Morgan fingerprint density at radius 1 is 1.24 bits per heavy atom. The fourth-order valence-corrected chi connectivity index (χ4v) is 4.18. The minimum absolute atomic E-state index is 0.0276. The van der Waals surface area contributed by atoms with Crippen LogP contribution in [0, 0.1) is 10.1 Å². The number of nitrogens with zero attached hydrogens (tertiary/aromatic N) is 2. The number of aromatic nitrogens is 1. The lowest BCUT2D eigenvalue weighted by Crippen LogP contribution is -2.23. The van der Waals surface area contributed by atoms with Crippen molar-refractivity contribution in [2.24, 2.45) is 0 Å². The predicted molar refractivity (Wildman–Crippen MR) is 113 cm³/mol. The molecule has 2 heterocycles. The number of rotatable bonds is 6. The number of nitro groups is 1. The Morgan fingerprint density at radius 2 is 2.07 bits per heavy atom. The van der Waals surface area contributed by atoms with Crippen LogP contribution in [0.2, 0.25) is 0 Å². The van der Waals surface area contributed by atoms with E-state index in [9.17, 15) is 14.9 Å². The van der Waals surface area contributed by atoms with Gasteiger partial charge in [-0.15, -0.1) is 23.1 Å². The van der Waals surface area contributed by atoms with Crippen molar-refractivity contribution in [2.45, 2.75) is 11.4 Å². The van der Waals surface area contributed by atoms with Crippen LogP contribution in [-0.4, -0.2) is 22.1 Å². The first kappa shape index (κ1) is 19.2. The molecule has 0 saturated carbocycles. The molecule has 0 atom stereocenters. The number of hydrogen-bond donors (Lipinski definition) is 1. The van der Waals surface area contributed by atoms with Gasteiger partial charge in [0.2, 0.25) is 0 Å². The molecular formula is C20H15N3O4S2. The third-order valence-corrected chi connectivity index (χ3v) is 6.01. The van der Waals surface area contributed by atoms with E-state index < -0.39 is 10.8 Å². The minimum Gasteiger partial charge on any atom is -0.457 e. The van der Waals surface area contributed by atoms with Gasteiger partial charge < -0.3 is 9.73 Å². The lowest BCUT2D eigenvalue weighted by Gasteiger charge is -2.06. The van der Waals surface area contributed by atoms with Gasteiger partial charge in [0, 0.05) is 11.0 Å². The number of carbonyl (C=O) groups excluding carboxylic acids is 1. The molecule has 29 heavy (non-hydrogen) atoms. The van der Waals surface area contributed by atoms with Crippen molar-refractivity contribution in [1.82, 2.24) is 10.3 Å². The molecule has 0 bridgehead atoms. The average molecular weight is 425 g/mol. The molecule has 0 unspecified atom stereocenters. The van der Waals surface area contributed by atoms with Crippen molar-refractivity contribution in [1.29, 1.82) is 0 Å². The molecule has 7 nitrogen and oxygen atoms in total. The summed E-state index contributed by atoms with van der Waals surface area (Å²) >= 11 is 2.94. The van der Waals surface area contributed by atoms with E-state index in [4.69, 9.17) is 4.42 Å². The van der Waals surface area contributed by atoms with Gasteiger partial charge in [-0.2, -0.15) is 0 Å². The van der Waals surface area contributed by atoms with Gasteiger partial charge in [-0.05, 0) is 42.7 Å². The highest BCUT2D eigenvalue weighted by molar-refractivity contribution is 7.98. The second-order valence-corrected chi connectivity index (χ2v) is 7.99. The summed E-state index contributed by atoms with van der Waals surface area (Å²) in [5, 5.41) is 14.7. The maximum atomic E-state index is 12.5. The van der Waals surface area contributed by atoms with Crippen LogP contribution in [0.5, 0.6) is 0 Å². The van der Waals surface area contributed by atoms with E-state index in [1.165, 1.54) is 35.2 Å². The van der Waals surface area contributed by atoms with Crippen LogP contribution in [-0.2, 0) is 6.54 Å². The fourth-order valence-electron chi connectivity index (χ4n) is 2.81. The summed E-state index contributed by atoms with van der Waals surface area (Å²) in [6.07, 6.45) is 1.84. The molecule has 0 aliphatic carbocycles. The standard InChI is InChI=1S/C20H15N3O4S2/c1-28-13-7-8-16(23(25)26)14(10-13)19(24)21-11-12-6-9-17(27-12)20-22-15-4-2-3-5-18(15)29-20/h2-10H,11H2,1H3,(H,21,24). The van der Waals surface area contributed by atoms with Crippen LogP contribution < -0.4 is 5.32 Å². The zero-order chi connectivity index (χ0) is 20.4. The number of fused-ring (bicyclic) bond motifs is 1. The van der Waals surface area contributed by atoms with E-state index in [1.54, 1.807) is 18.2 Å². The summed E-state index contributed by atoms with van der Waals surface area (Å²) in [6.45, 7) is 0.115. The number of furan rings is 1. The minimum atomic E-state index is -0.558. The Morgan fingerprint density at radius 3 is 2.83 bits per heavy atom. The van der Waals surface area contributed by atoms with E-state index >= 15 is 0 Å². The first-order chi connectivity index (χ1) is 14.0. The van der Waals surface area contributed by atoms with E-state index in [-0.39, 0.29) is 17.8 Å². The third-order valence-electron chi connectivity index (χ3n) is 4.23. The number of hydrogen-bond acceptors (Lipinski definition) is 7. The molecule has 1 N–H and O–H groups in total. The van der Waals surface area contributed by atoms with E-state index in [2.05, 4.69) is 10.3 Å². The second-order valence-electron chi connectivity index (χ2n) is 6.08. The van der Waals surface area contributed by atoms with Gasteiger partial charge in [0.1, 0.15) is 11.3 Å². The van der Waals surface area contributed by atoms with Gasteiger partial charge >= 0.3 is 0 Å². The van der Waals surface area contributed by atoms with E-state index in [1.807, 2.05) is 30.5 Å². The third kappa shape index (κ3) is 4.01. The van der Waals surface area contributed by atoms with Gasteiger partial charge in [-0.3, -0.25) is 14.9 Å². The van der Waals surface area contributed by atoms with Gasteiger partial charge in [0.05, 0.1) is 21.7 Å². The van der Waals surface area contributed by atoms with Crippen LogP contribution in [0.4, 0.5) is 5.69 Å². The Kier molecular flexibility index (Phi) is 5.32. The van der Waals surface area contributed by atoms with Crippen LogP contribution in [0.1, 0.15) is 16.1 Å². The quantitative estimate of drug-likeness (QED) is 0.262. The highest BCUT2D eigenvalue weighted by atomic mass is 32.2. The molecule has 1 amide bonds. The van der Waals surface area contributed by atoms with Crippen LogP contribution in [0.15, 0.2) is 63.9 Å². The largest absolute Gasteiger partial charge is 0.457 e. The molecule has 0 radical (unpaired) electrons. The molecular weight excluding hydrogens is 410 g/mol. The molecule has 0 aliphatic heterocycles. The fraction of sp³-hybridized carbons (Fsp3) is 0.100. The number of nitro benzene ring substituents is 1. The van der Waals surface area contributed by atoms with Gasteiger partial charge in [0.15, 0.2) is 10.8 Å². The molecule has 0 saturated heterocycles. The Labute approximate surface area is 173 Å². The molecule has 0 spiro atoms. The van der Waals surface area contributed by atoms with E-state index in [0.717, 1.165) is 20.1 Å². The molecule has 4 rings (SSSR count). The summed E-state index contributed by atoms with van der Waals surface area (Å²) in [4.78, 5) is 28.5. The molecule has 0 fully saturated rings. The van der Waals surface area contributed by atoms with Crippen molar-refractivity contribution in [2.75, 3.05) is 6.26 Å². The molecule has 0 aliphatic rings. The molecule has 4 aromatic rings. The Balaban J connectivity index is 1.50. The zero-order valence-electron chi connectivity index (χ0n) is 15.2. The highest BCUT2D eigenvalue weighted by Gasteiger charge is 2.21. The summed E-state index contributed by atoms with van der Waals surface area (Å²) in [6, 6.07) is 15.9. The van der Waals surface area contributed by atoms with E-state index in [0.29, 0.717) is 11.5 Å². The van der Waals surface area contributed by atoms with Crippen molar-refractivity contribution < 1.29 is 14.1 Å². The van der Waals surface area contributed by atoms with Gasteiger partial charge in [-0.25, -0.2) is 4.98 Å².